The first-order valence-corrected chi connectivity index (χ1v) is 9.70. The van der Waals surface area contributed by atoms with Crippen LogP contribution in [0.3, 0.4) is 0 Å². The summed E-state index contributed by atoms with van der Waals surface area (Å²) >= 11 is 0. The quantitative estimate of drug-likeness (QED) is 0.384. The smallest absolute Gasteiger partial charge is 0.302 e. The molecule has 0 unspecified atom stereocenters. The first-order valence-electron chi connectivity index (χ1n) is 7.98. The largest absolute Gasteiger partial charge is 0.491 e. The molecule has 2 aliphatic heterocycles. The number of sulfone groups is 1. The summed E-state index contributed by atoms with van der Waals surface area (Å²) in [5, 5.41) is -0.986. The lowest BCUT2D eigenvalue weighted by atomic mass is 9.88. The van der Waals surface area contributed by atoms with Gasteiger partial charge in [-0.25, -0.2) is 8.42 Å². The number of ketones is 1. The molecule has 9 heteroatoms. The average Bonchev–Trinajstić information content (AvgIpc) is 2.42. The van der Waals surface area contributed by atoms with Crippen LogP contribution in [0.4, 0.5) is 0 Å². The van der Waals surface area contributed by atoms with Crippen LogP contribution in [0.2, 0.25) is 0 Å². The van der Waals surface area contributed by atoms with E-state index < -0.39 is 32.8 Å². The van der Waals surface area contributed by atoms with Gasteiger partial charge < -0.3 is 9.47 Å². The van der Waals surface area contributed by atoms with Crippen molar-refractivity contribution in [2.24, 2.45) is 5.41 Å². The molecule has 2 aliphatic rings. The molecule has 0 N–H and O–H groups in total. The molecule has 25 heavy (non-hydrogen) atoms. The van der Waals surface area contributed by atoms with Gasteiger partial charge in [-0.2, -0.15) is 0 Å². The van der Waals surface area contributed by atoms with E-state index in [-0.39, 0.29) is 48.7 Å². The van der Waals surface area contributed by atoms with Crippen LogP contribution in [-0.4, -0.2) is 55.3 Å². The van der Waals surface area contributed by atoms with E-state index in [2.05, 4.69) is 0 Å². The number of Topliss-reactive ketones (excluding diaryl/α,β-unsaturated/α-hetero) is 1. The molecule has 0 aromatic heterocycles. The molecule has 8 nitrogen and oxygen atoms in total. The van der Waals surface area contributed by atoms with Gasteiger partial charge in [0.25, 0.3) is 0 Å². The molecule has 1 fully saturated rings. The Kier molecular flexibility index (Phi) is 5.27. The van der Waals surface area contributed by atoms with Crippen molar-refractivity contribution in [2.75, 3.05) is 19.0 Å². The third-order valence-corrected chi connectivity index (χ3v) is 5.65. The average molecular weight is 373 g/mol. The van der Waals surface area contributed by atoms with E-state index in [0.29, 0.717) is 0 Å². The van der Waals surface area contributed by atoms with Gasteiger partial charge in [-0.3, -0.25) is 19.3 Å². The van der Waals surface area contributed by atoms with Gasteiger partial charge in [-0.15, -0.1) is 0 Å². The highest BCUT2D eigenvalue weighted by Crippen LogP contribution is 2.38. The summed E-state index contributed by atoms with van der Waals surface area (Å²) in [6.07, 6.45) is 0.0328. The molecule has 1 atom stereocenters. The Bertz CT molecular complexity index is 730. The molecule has 2 heterocycles. The number of hydrogen-bond acceptors (Lipinski definition) is 7. The second-order valence-electron chi connectivity index (χ2n) is 7.35. The Morgan fingerprint density at radius 1 is 1.24 bits per heavy atom. The SMILES string of the molecule is CC(=O)OCCOC1=C(C(=O)CC(C)(C)C)N2C(=O)C[C@@H]2S(=O)(=O)C1. The number of esters is 1. The molecule has 1 saturated heterocycles. The van der Waals surface area contributed by atoms with Gasteiger partial charge in [0.1, 0.15) is 35.8 Å². The zero-order chi connectivity index (χ0) is 19.0. The maximum Gasteiger partial charge on any atom is 0.302 e. The second-order valence-corrected chi connectivity index (χ2v) is 9.51. The molecule has 0 aliphatic carbocycles. The molecule has 0 radical (unpaired) electrons. The van der Waals surface area contributed by atoms with Gasteiger partial charge >= 0.3 is 5.97 Å². The first-order chi connectivity index (χ1) is 11.4. The standard InChI is InChI=1S/C16H23NO7S/c1-10(18)23-5-6-24-12-9-25(21,22)14-7-13(20)17(14)15(12)11(19)8-16(2,3)4/h14H,5-9H2,1-4H3/t14-/m0/s1. The van der Waals surface area contributed by atoms with Gasteiger partial charge in [0.2, 0.25) is 5.91 Å². The number of ether oxygens (including phenoxy) is 2. The van der Waals surface area contributed by atoms with Crippen molar-refractivity contribution in [1.29, 1.82) is 0 Å². The van der Waals surface area contributed by atoms with E-state index in [1.165, 1.54) is 6.92 Å². The fourth-order valence-electron chi connectivity index (χ4n) is 2.74. The van der Waals surface area contributed by atoms with Gasteiger partial charge in [-0.05, 0) is 5.41 Å². The van der Waals surface area contributed by atoms with Crippen molar-refractivity contribution in [3.8, 4) is 0 Å². The lowest BCUT2D eigenvalue weighted by molar-refractivity contribution is -0.142. The van der Waals surface area contributed by atoms with Crippen LogP contribution in [0, 0.1) is 5.41 Å². The molecule has 0 bridgehead atoms. The van der Waals surface area contributed by atoms with Crippen LogP contribution in [-0.2, 0) is 33.7 Å². The number of carbonyl (C=O) groups excluding carboxylic acids is 3. The molecular formula is C16H23NO7S. The lowest BCUT2D eigenvalue weighted by Crippen LogP contribution is -2.60. The van der Waals surface area contributed by atoms with Crippen molar-refractivity contribution in [1.82, 2.24) is 4.90 Å². The van der Waals surface area contributed by atoms with Crippen LogP contribution >= 0.6 is 0 Å². The number of amides is 1. The minimum absolute atomic E-state index is 0.0221. The van der Waals surface area contributed by atoms with E-state index in [9.17, 15) is 22.8 Å². The van der Waals surface area contributed by atoms with Gasteiger partial charge in [0.15, 0.2) is 15.6 Å². The van der Waals surface area contributed by atoms with E-state index >= 15 is 0 Å². The molecule has 2 rings (SSSR count). The Balaban J connectivity index is 2.30. The van der Waals surface area contributed by atoms with Gasteiger partial charge in [0.05, 0.1) is 6.42 Å². The summed E-state index contributed by atoms with van der Waals surface area (Å²) in [4.78, 5) is 36.5. The number of allylic oxidation sites excluding steroid dienone is 1. The van der Waals surface area contributed by atoms with Crippen molar-refractivity contribution in [3.63, 3.8) is 0 Å². The second kappa shape index (κ2) is 6.78. The maximum absolute atomic E-state index is 12.7. The summed E-state index contributed by atoms with van der Waals surface area (Å²) in [7, 11) is -3.61. The minimum Gasteiger partial charge on any atom is -0.491 e. The maximum atomic E-state index is 12.7. The van der Waals surface area contributed by atoms with Crippen molar-refractivity contribution < 1.29 is 32.3 Å². The van der Waals surface area contributed by atoms with E-state index in [1.54, 1.807) is 0 Å². The van der Waals surface area contributed by atoms with E-state index in [4.69, 9.17) is 9.47 Å². The van der Waals surface area contributed by atoms with E-state index in [1.807, 2.05) is 20.8 Å². The fourth-order valence-corrected chi connectivity index (χ4v) is 4.46. The highest BCUT2D eigenvalue weighted by atomic mass is 32.2. The van der Waals surface area contributed by atoms with Crippen molar-refractivity contribution >= 4 is 27.5 Å². The highest BCUT2D eigenvalue weighted by Gasteiger charge is 2.53. The summed E-state index contributed by atoms with van der Waals surface area (Å²) in [5.74, 6) is -1.72. The number of fused-ring (bicyclic) bond motifs is 1. The number of β-lactam (4-membered cyclic amide) rings is 1. The molecule has 0 aromatic rings. The highest BCUT2D eigenvalue weighted by molar-refractivity contribution is 7.92. The van der Waals surface area contributed by atoms with Crippen LogP contribution in [0.5, 0.6) is 0 Å². The third-order valence-electron chi connectivity index (χ3n) is 3.78. The summed E-state index contributed by atoms with van der Waals surface area (Å²) in [6, 6.07) is 0. The Hall–Kier alpha value is -1.90. The molecule has 0 saturated carbocycles. The summed E-state index contributed by atoms with van der Waals surface area (Å²) < 4.78 is 34.7. The fraction of sp³-hybridized carbons (Fsp3) is 0.688. The number of rotatable bonds is 6. The Morgan fingerprint density at radius 3 is 2.40 bits per heavy atom. The van der Waals surface area contributed by atoms with Crippen molar-refractivity contribution in [2.45, 2.75) is 45.9 Å². The minimum atomic E-state index is -3.61. The van der Waals surface area contributed by atoms with E-state index in [0.717, 1.165) is 4.90 Å². The van der Waals surface area contributed by atoms with Crippen LogP contribution in [0.1, 0.15) is 40.5 Å². The lowest BCUT2D eigenvalue weighted by Gasteiger charge is -2.44. The summed E-state index contributed by atoms with van der Waals surface area (Å²) in [6.45, 7) is 6.71. The van der Waals surface area contributed by atoms with Crippen LogP contribution < -0.4 is 0 Å². The number of carbonyl (C=O) groups is 3. The van der Waals surface area contributed by atoms with Crippen LogP contribution in [0.25, 0.3) is 0 Å². The van der Waals surface area contributed by atoms with Crippen LogP contribution in [0.15, 0.2) is 11.5 Å². The molecule has 1 amide bonds. The number of nitrogens with zero attached hydrogens (tertiary/aromatic N) is 1. The Labute approximate surface area is 147 Å². The zero-order valence-corrected chi connectivity index (χ0v) is 15.6. The van der Waals surface area contributed by atoms with Gasteiger partial charge in [0, 0.05) is 13.3 Å². The Morgan fingerprint density at radius 2 is 1.88 bits per heavy atom. The molecule has 0 spiro atoms. The predicted octanol–water partition coefficient (Wildman–Crippen LogP) is 0.770. The third kappa shape index (κ3) is 4.39. The predicted molar refractivity (Wildman–Crippen MR) is 87.7 cm³/mol. The topological polar surface area (TPSA) is 107 Å². The van der Waals surface area contributed by atoms with Gasteiger partial charge in [-0.1, -0.05) is 20.8 Å². The molecule has 140 valence electrons. The zero-order valence-electron chi connectivity index (χ0n) is 14.8. The monoisotopic (exact) mass is 373 g/mol. The van der Waals surface area contributed by atoms with Crippen molar-refractivity contribution in [3.05, 3.63) is 11.5 Å². The molecular weight excluding hydrogens is 350 g/mol. The normalized spacial score (nSPS) is 22.2. The number of hydrogen-bond donors (Lipinski definition) is 0. The molecule has 0 aromatic carbocycles. The summed E-state index contributed by atoms with van der Waals surface area (Å²) in [5.41, 5.74) is -0.305. The first kappa shape index (κ1) is 19.4.